The van der Waals surface area contributed by atoms with E-state index in [1.807, 2.05) is 25.2 Å². The molecule has 0 fully saturated rings. The lowest BCUT2D eigenvalue weighted by Crippen LogP contribution is -2.26. The summed E-state index contributed by atoms with van der Waals surface area (Å²) in [6.07, 6.45) is 7.08. The second-order valence-corrected chi connectivity index (χ2v) is 3.98. The van der Waals surface area contributed by atoms with Crippen LogP contribution in [0.25, 0.3) is 0 Å². The molecule has 1 aliphatic rings. The molecule has 1 aliphatic heterocycles. The van der Waals surface area contributed by atoms with Gasteiger partial charge in [0.1, 0.15) is 5.76 Å². The Balaban J connectivity index is 3.15. The number of rotatable bonds is 3. The van der Waals surface area contributed by atoms with Gasteiger partial charge in [0, 0.05) is 17.4 Å². The molecule has 0 N–H and O–H groups in total. The molecule has 1 unspecified atom stereocenters. The first-order valence-corrected chi connectivity index (χ1v) is 5.17. The fourth-order valence-electron chi connectivity index (χ4n) is 1.89. The highest BCUT2D eigenvalue weighted by Crippen LogP contribution is 2.40. The Morgan fingerprint density at radius 2 is 2.40 bits per heavy atom. The van der Waals surface area contributed by atoms with Crippen LogP contribution in [0.2, 0.25) is 0 Å². The van der Waals surface area contributed by atoms with Gasteiger partial charge in [0.25, 0.3) is 0 Å². The maximum atomic E-state index is 8.85. The van der Waals surface area contributed by atoms with Gasteiger partial charge in [0.15, 0.2) is 0 Å². The van der Waals surface area contributed by atoms with Crippen LogP contribution in [-0.2, 0) is 4.74 Å². The number of hydrogen-bond donors (Lipinski definition) is 0. The van der Waals surface area contributed by atoms with Crippen LogP contribution in [0, 0.1) is 16.7 Å². The lowest BCUT2D eigenvalue weighted by atomic mass is 9.75. The van der Waals surface area contributed by atoms with Crippen molar-refractivity contribution < 1.29 is 4.74 Å². The number of nitrogens with zero attached hydrogens (tertiary/aromatic N) is 1. The first-order chi connectivity index (χ1) is 7.18. The van der Waals surface area contributed by atoms with Crippen LogP contribution < -0.4 is 0 Å². The summed E-state index contributed by atoms with van der Waals surface area (Å²) in [7, 11) is 0. The van der Waals surface area contributed by atoms with Gasteiger partial charge in [-0.1, -0.05) is 25.7 Å². The molecule has 0 aromatic rings. The lowest BCUT2D eigenvalue weighted by molar-refractivity contribution is 0.144. The van der Waals surface area contributed by atoms with Crippen molar-refractivity contribution in [3.8, 4) is 6.07 Å². The molecule has 0 radical (unpaired) electrons. The zero-order chi connectivity index (χ0) is 11.3. The van der Waals surface area contributed by atoms with Crippen molar-refractivity contribution in [2.45, 2.75) is 26.7 Å². The van der Waals surface area contributed by atoms with Crippen molar-refractivity contribution in [3.63, 3.8) is 0 Å². The van der Waals surface area contributed by atoms with E-state index in [2.05, 4.69) is 19.6 Å². The van der Waals surface area contributed by atoms with Crippen LogP contribution in [-0.4, -0.2) is 6.61 Å². The molecule has 0 bridgehead atoms. The molecule has 2 nitrogen and oxygen atoms in total. The van der Waals surface area contributed by atoms with E-state index in [4.69, 9.17) is 10.00 Å². The Bertz CT molecular complexity index is 346. The minimum absolute atomic E-state index is 0.108. The third-order valence-electron chi connectivity index (χ3n) is 2.82. The molecular weight excluding hydrogens is 186 g/mol. The van der Waals surface area contributed by atoms with Crippen LogP contribution in [0.5, 0.6) is 0 Å². The highest BCUT2D eigenvalue weighted by Gasteiger charge is 2.33. The average Bonchev–Trinajstić information content (AvgIpc) is 2.18. The molecule has 1 rings (SSSR count). The third-order valence-corrected chi connectivity index (χ3v) is 2.82. The minimum Gasteiger partial charge on any atom is -0.493 e. The number of ether oxygens (including phenoxy) is 1. The fraction of sp³-hybridized carbons (Fsp3) is 0.462. The molecular formula is C13H17NO. The predicted octanol–water partition coefficient (Wildman–Crippen LogP) is 3.34. The van der Waals surface area contributed by atoms with E-state index in [1.165, 1.54) is 0 Å². The van der Waals surface area contributed by atoms with Gasteiger partial charge in [0.2, 0.25) is 0 Å². The molecule has 0 aromatic carbocycles. The SMILES string of the molecule is C=CC1=C(/C=C\C)OCCC1(C)CC#N. The Kier molecular flexibility index (Phi) is 3.74. The summed E-state index contributed by atoms with van der Waals surface area (Å²) >= 11 is 0. The number of allylic oxidation sites excluding steroid dienone is 4. The predicted molar refractivity (Wildman–Crippen MR) is 60.9 cm³/mol. The standard InChI is InChI=1S/C13H17NO/c1-4-6-12-11(5-2)13(3,7-9-14)8-10-15-12/h4-6H,2,7-8,10H2,1,3H3/b6-4-. The van der Waals surface area contributed by atoms with Crippen LogP contribution in [0.4, 0.5) is 0 Å². The average molecular weight is 203 g/mol. The van der Waals surface area contributed by atoms with Crippen LogP contribution in [0.15, 0.2) is 36.1 Å². The van der Waals surface area contributed by atoms with E-state index in [-0.39, 0.29) is 5.41 Å². The molecule has 0 spiro atoms. The van der Waals surface area contributed by atoms with E-state index in [9.17, 15) is 0 Å². The summed E-state index contributed by atoms with van der Waals surface area (Å²) in [6, 6.07) is 2.24. The van der Waals surface area contributed by atoms with Crippen molar-refractivity contribution in [1.82, 2.24) is 0 Å². The largest absolute Gasteiger partial charge is 0.493 e. The molecule has 15 heavy (non-hydrogen) atoms. The highest BCUT2D eigenvalue weighted by molar-refractivity contribution is 5.35. The second-order valence-electron chi connectivity index (χ2n) is 3.98. The van der Waals surface area contributed by atoms with Crippen molar-refractivity contribution >= 4 is 0 Å². The van der Waals surface area contributed by atoms with Crippen LogP contribution in [0.3, 0.4) is 0 Å². The summed E-state index contributed by atoms with van der Waals surface area (Å²) in [5.41, 5.74) is 0.942. The molecule has 0 saturated carbocycles. The lowest BCUT2D eigenvalue weighted by Gasteiger charge is -2.34. The molecule has 0 amide bonds. The second kappa shape index (κ2) is 4.84. The van der Waals surface area contributed by atoms with E-state index >= 15 is 0 Å². The van der Waals surface area contributed by atoms with Gasteiger partial charge in [-0.15, -0.1) is 0 Å². The Hall–Kier alpha value is -1.49. The van der Waals surface area contributed by atoms with Gasteiger partial charge in [-0.3, -0.25) is 0 Å². The molecule has 2 heteroatoms. The smallest absolute Gasteiger partial charge is 0.122 e. The van der Waals surface area contributed by atoms with Gasteiger partial charge in [0.05, 0.1) is 12.7 Å². The first-order valence-electron chi connectivity index (χ1n) is 5.17. The summed E-state index contributed by atoms with van der Waals surface area (Å²) < 4.78 is 5.58. The van der Waals surface area contributed by atoms with Crippen molar-refractivity contribution in [2.24, 2.45) is 5.41 Å². The van der Waals surface area contributed by atoms with Crippen molar-refractivity contribution in [2.75, 3.05) is 6.61 Å². The van der Waals surface area contributed by atoms with Crippen LogP contribution >= 0.6 is 0 Å². The van der Waals surface area contributed by atoms with Gasteiger partial charge in [-0.05, 0) is 19.4 Å². The zero-order valence-electron chi connectivity index (χ0n) is 9.42. The summed E-state index contributed by atoms with van der Waals surface area (Å²) in [6.45, 7) is 8.54. The summed E-state index contributed by atoms with van der Waals surface area (Å²) in [5, 5.41) is 8.85. The Morgan fingerprint density at radius 3 is 2.93 bits per heavy atom. The normalized spacial score (nSPS) is 26.2. The minimum atomic E-state index is -0.108. The van der Waals surface area contributed by atoms with Crippen LogP contribution in [0.1, 0.15) is 26.7 Å². The van der Waals surface area contributed by atoms with Gasteiger partial charge in [-0.2, -0.15) is 5.26 Å². The van der Waals surface area contributed by atoms with E-state index < -0.39 is 0 Å². The summed E-state index contributed by atoms with van der Waals surface area (Å²) in [5.74, 6) is 0.858. The third kappa shape index (κ3) is 2.30. The Morgan fingerprint density at radius 1 is 1.67 bits per heavy atom. The zero-order valence-corrected chi connectivity index (χ0v) is 9.42. The Labute approximate surface area is 91.6 Å². The number of nitriles is 1. The maximum absolute atomic E-state index is 8.85. The fourth-order valence-corrected chi connectivity index (χ4v) is 1.89. The molecule has 1 atom stereocenters. The molecule has 0 aromatic heterocycles. The van der Waals surface area contributed by atoms with E-state index in [0.717, 1.165) is 17.8 Å². The quantitative estimate of drug-likeness (QED) is 0.704. The van der Waals surface area contributed by atoms with Gasteiger partial charge in [-0.25, -0.2) is 0 Å². The summed E-state index contributed by atoms with van der Waals surface area (Å²) in [4.78, 5) is 0. The van der Waals surface area contributed by atoms with Crippen molar-refractivity contribution in [1.29, 1.82) is 5.26 Å². The van der Waals surface area contributed by atoms with Gasteiger partial charge >= 0.3 is 0 Å². The molecule has 0 aliphatic carbocycles. The molecule has 80 valence electrons. The van der Waals surface area contributed by atoms with Gasteiger partial charge < -0.3 is 4.74 Å². The van der Waals surface area contributed by atoms with E-state index in [0.29, 0.717) is 13.0 Å². The first kappa shape index (κ1) is 11.6. The maximum Gasteiger partial charge on any atom is 0.122 e. The molecule has 0 saturated heterocycles. The highest BCUT2D eigenvalue weighted by atomic mass is 16.5. The molecule has 1 heterocycles. The topological polar surface area (TPSA) is 33.0 Å². The number of hydrogen-bond acceptors (Lipinski definition) is 2. The van der Waals surface area contributed by atoms with E-state index in [1.54, 1.807) is 0 Å². The van der Waals surface area contributed by atoms with Crippen molar-refractivity contribution in [3.05, 3.63) is 36.1 Å². The monoisotopic (exact) mass is 203 g/mol.